The summed E-state index contributed by atoms with van der Waals surface area (Å²) < 4.78 is 11.0. The third-order valence-corrected chi connectivity index (χ3v) is 9.36. The number of hydrogen-bond donors (Lipinski definition) is 6. The van der Waals surface area contributed by atoms with Gasteiger partial charge in [-0.05, 0) is 53.3 Å². The normalized spacial score (nSPS) is 16.4. The lowest BCUT2D eigenvalue weighted by Gasteiger charge is -2.28. The van der Waals surface area contributed by atoms with E-state index in [1.807, 2.05) is 34.3 Å². The van der Waals surface area contributed by atoms with E-state index in [0.717, 1.165) is 44.4 Å². The average Bonchev–Trinajstić information content (AvgIpc) is 3.40. The van der Waals surface area contributed by atoms with Crippen LogP contribution in [-0.2, 0) is 28.7 Å². The first-order valence-corrected chi connectivity index (χ1v) is 19.9. The van der Waals surface area contributed by atoms with Crippen LogP contribution in [0.5, 0.6) is 0 Å². The molecule has 3 atom stereocenters. The molecule has 0 bridgehead atoms. The Morgan fingerprint density at radius 3 is 1.72 bits per heavy atom. The fourth-order valence-electron chi connectivity index (χ4n) is 4.45. The number of likely N-dealkylation sites (tertiary alicyclic amines) is 1. The number of piperidine rings is 1. The van der Waals surface area contributed by atoms with Gasteiger partial charge >= 0.3 is 0 Å². The molecule has 1 aliphatic heterocycles. The van der Waals surface area contributed by atoms with Crippen LogP contribution in [0.1, 0.15) is 143 Å². The number of carbonyl (C=O) groups excluding carboxylic acids is 4. The highest BCUT2D eigenvalue weighted by Crippen LogP contribution is 2.61. The maximum absolute atomic E-state index is 10.4. The Morgan fingerprint density at radius 1 is 0.947 bits per heavy atom. The smallest absolute Gasteiger partial charge is 0.217 e. The first-order chi connectivity index (χ1) is 25.9. The van der Waals surface area contributed by atoms with Crippen LogP contribution in [0, 0.1) is 33.5 Å². The molecule has 1 saturated heterocycles. The van der Waals surface area contributed by atoms with Crippen molar-refractivity contribution in [2.45, 2.75) is 149 Å². The summed E-state index contributed by atoms with van der Waals surface area (Å²) in [5.74, 6) is 5.11. The Labute approximate surface area is 352 Å². The fourth-order valence-corrected chi connectivity index (χ4v) is 4.45. The molecule has 0 radical (unpaired) electrons. The van der Waals surface area contributed by atoms with E-state index >= 15 is 0 Å². The molecule has 2 fully saturated rings. The van der Waals surface area contributed by atoms with Gasteiger partial charge in [-0.25, -0.2) is 5.90 Å². The molecule has 2 unspecified atom stereocenters. The van der Waals surface area contributed by atoms with Gasteiger partial charge < -0.3 is 41.1 Å². The number of nitrogens with two attached hydrogens (primary N) is 3. The predicted molar refractivity (Wildman–Crippen MR) is 243 cm³/mol. The van der Waals surface area contributed by atoms with Crippen LogP contribution in [-0.4, -0.2) is 94.4 Å². The molecule has 57 heavy (non-hydrogen) atoms. The zero-order valence-corrected chi connectivity index (χ0v) is 38.9. The fraction of sp³-hybridized carbons (Fsp3) is 0.818. The van der Waals surface area contributed by atoms with Crippen LogP contribution in [0.25, 0.3) is 0 Å². The van der Waals surface area contributed by atoms with Crippen molar-refractivity contribution in [3.05, 3.63) is 24.8 Å². The molecular weight excluding hydrogens is 725 g/mol. The number of rotatable bonds is 16. The Balaban J connectivity index is -0.000000112. The molecule has 0 aromatic carbocycles. The monoisotopic (exact) mass is 821 g/mol. The van der Waals surface area contributed by atoms with Crippen LogP contribution in [0.4, 0.5) is 0 Å². The maximum Gasteiger partial charge on any atom is 0.217 e. The summed E-state index contributed by atoms with van der Waals surface area (Å²) in [6.45, 7) is 46.0. The standard InChI is InChI=1S/C14H28N2O.C9H18N2O2.C7H15NO.C6H14.C5H10.2CH2O.CH4.H3NO/c1-13(2,3)12(15)8-17-9-16-6-10-11(7-16)14(10,4)5;1-3-5-10-8-13-7-4-6-11-9(2)12;1-4-7(2,3)5-6(8)9;1-5-6(2,3)4;1-3-5-4-2;2*1-2;;1-2/h10-12H,6-9,15H2,1-5H3;3,10H,1,4-8H2,2H3,(H,11,12);4-5H2,1-3H3,(H2,8,9);5H2,1-4H3;3,5H,4H2,1-2H3;2*1H2;1H4;2H,1H2/t10?,11?,12-;;;;;;;;/m1......../s1. The molecule has 1 aliphatic carbocycles. The number of ether oxygens (including phenoxy) is 2. The number of carbonyl (C=O) groups is 4. The van der Waals surface area contributed by atoms with E-state index in [9.17, 15) is 9.59 Å². The number of nitrogens with zero attached hydrogens (tertiary/aromatic N) is 1. The second-order valence-electron chi connectivity index (χ2n) is 17.2. The first-order valence-electron chi connectivity index (χ1n) is 19.9. The van der Waals surface area contributed by atoms with Gasteiger partial charge in [0.25, 0.3) is 0 Å². The summed E-state index contributed by atoms with van der Waals surface area (Å²) in [7, 11) is 0. The lowest BCUT2D eigenvalue weighted by atomic mass is 9.86. The highest BCUT2D eigenvalue weighted by atomic mass is 16.5. The molecule has 344 valence electrons. The van der Waals surface area contributed by atoms with Crippen LogP contribution in [0.15, 0.2) is 24.8 Å². The van der Waals surface area contributed by atoms with E-state index in [2.05, 4.69) is 116 Å². The van der Waals surface area contributed by atoms with E-state index in [0.29, 0.717) is 43.7 Å². The Bertz CT molecular complexity index is 934. The average molecular weight is 821 g/mol. The summed E-state index contributed by atoms with van der Waals surface area (Å²) in [6, 6.07) is 0.121. The molecule has 0 spiro atoms. The second kappa shape index (κ2) is 41.6. The third-order valence-electron chi connectivity index (χ3n) is 9.36. The minimum atomic E-state index is -0.207. The number of hydrogen-bond acceptors (Lipinski definition) is 11. The first kappa shape index (κ1) is 69.1. The van der Waals surface area contributed by atoms with Gasteiger partial charge in [0, 0.05) is 45.6 Å². The Kier molecular flexibility index (Phi) is 50.5. The van der Waals surface area contributed by atoms with Gasteiger partial charge in [0.15, 0.2) is 0 Å². The molecule has 2 rings (SSSR count). The highest BCUT2D eigenvalue weighted by Gasteiger charge is 2.61. The predicted octanol–water partition coefficient (Wildman–Crippen LogP) is 7.50. The minimum absolute atomic E-state index is 0. The molecule has 0 aromatic heterocycles. The van der Waals surface area contributed by atoms with Gasteiger partial charge in [0.05, 0.1) is 26.7 Å². The zero-order valence-electron chi connectivity index (χ0n) is 38.9. The largest absolute Gasteiger partial charge is 0.370 e. The molecule has 13 nitrogen and oxygen atoms in total. The summed E-state index contributed by atoms with van der Waals surface area (Å²) >= 11 is 0. The summed E-state index contributed by atoms with van der Waals surface area (Å²) in [5.41, 5.74) is 12.4. The quantitative estimate of drug-likeness (QED) is 0.0388. The molecule has 1 saturated carbocycles. The van der Waals surface area contributed by atoms with E-state index in [1.54, 1.807) is 6.08 Å². The summed E-state index contributed by atoms with van der Waals surface area (Å²) in [4.78, 5) is 39.3. The van der Waals surface area contributed by atoms with Crippen molar-refractivity contribution >= 4 is 25.4 Å². The second-order valence-corrected chi connectivity index (χ2v) is 17.2. The van der Waals surface area contributed by atoms with Gasteiger partial charge in [-0.2, -0.15) is 0 Å². The molecule has 2 amide bonds. The topological polar surface area (TPSA) is 212 Å². The highest BCUT2D eigenvalue weighted by molar-refractivity contribution is 5.74. The molecule has 13 heteroatoms. The van der Waals surface area contributed by atoms with Crippen molar-refractivity contribution in [2.24, 2.45) is 50.9 Å². The SMILES string of the molecule is C.C=CCNCOCCCNC(C)=O.C=O.C=O.CC1(C)C2CN(COC[C@@H](N)C(C)(C)C)CC21.CC=CCC.CCC(C)(C)C.CCC(C)(C)CC(N)=O.NO. The maximum atomic E-state index is 10.4. The van der Waals surface area contributed by atoms with Crippen LogP contribution in [0.2, 0.25) is 0 Å². The van der Waals surface area contributed by atoms with E-state index < -0.39 is 0 Å². The third kappa shape index (κ3) is 47.8. The lowest BCUT2D eigenvalue weighted by molar-refractivity contribution is -0.120. The molecule has 1 heterocycles. The van der Waals surface area contributed by atoms with Crippen molar-refractivity contribution in [1.82, 2.24) is 15.5 Å². The minimum Gasteiger partial charge on any atom is -0.370 e. The zero-order chi connectivity index (χ0) is 45.6. The van der Waals surface area contributed by atoms with Crippen molar-refractivity contribution in [3.8, 4) is 0 Å². The number of amides is 2. The van der Waals surface area contributed by atoms with E-state index in [1.165, 1.54) is 26.4 Å². The summed E-state index contributed by atoms with van der Waals surface area (Å²) in [5, 5.41) is 12.2. The van der Waals surface area contributed by atoms with Crippen molar-refractivity contribution in [2.75, 3.05) is 52.9 Å². The van der Waals surface area contributed by atoms with E-state index in [-0.39, 0.29) is 36.1 Å². The van der Waals surface area contributed by atoms with Crippen molar-refractivity contribution in [1.29, 1.82) is 0 Å². The number of fused-ring (bicyclic) bond motifs is 1. The van der Waals surface area contributed by atoms with Crippen LogP contribution >= 0.6 is 0 Å². The molecule has 0 aromatic rings. The van der Waals surface area contributed by atoms with E-state index in [4.69, 9.17) is 35.7 Å². The van der Waals surface area contributed by atoms with Gasteiger partial charge in [-0.3, -0.25) is 19.8 Å². The Morgan fingerprint density at radius 2 is 1.42 bits per heavy atom. The number of nitrogens with one attached hydrogen (secondary N) is 2. The van der Waals surface area contributed by atoms with Crippen LogP contribution in [0.3, 0.4) is 0 Å². The molecule has 2 aliphatic rings. The Hall–Kier alpha value is -2.52. The van der Waals surface area contributed by atoms with Crippen molar-refractivity contribution in [3.63, 3.8) is 0 Å². The lowest BCUT2D eigenvalue weighted by Crippen LogP contribution is -2.40. The summed E-state index contributed by atoms with van der Waals surface area (Å²) in [6.07, 6.45) is 10.7. The van der Waals surface area contributed by atoms with Crippen LogP contribution < -0.4 is 28.0 Å². The number of primary amides is 1. The molecular formula is C44H96N6O7. The number of allylic oxidation sites excluding steroid dienone is 2. The molecule has 9 N–H and O–H groups in total. The van der Waals surface area contributed by atoms with Crippen molar-refractivity contribution < 1.29 is 33.9 Å². The van der Waals surface area contributed by atoms with Gasteiger partial charge in [-0.1, -0.05) is 129 Å². The van der Waals surface area contributed by atoms with Gasteiger partial charge in [0.1, 0.15) is 13.6 Å². The van der Waals surface area contributed by atoms with Gasteiger partial charge in [0.2, 0.25) is 11.8 Å². The van der Waals surface area contributed by atoms with Gasteiger partial charge in [-0.15, -0.1) is 6.58 Å².